The SMILES string of the molecule is O=C(O)Cc1c(C(F)(F)F)cnc(OC(F)(F)F)c1CCl. The average molecular weight is 338 g/mol. The van der Waals surface area contributed by atoms with Gasteiger partial charge < -0.3 is 9.84 Å². The Morgan fingerprint density at radius 2 is 1.81 bits per heavy atom. The second kappa shape index (κ2) is 5.96. The van der Waals surface area contributed by atoms with Crippen LogP contribution in [-0.4, -0.2) is 22.4 Å². The number of halogens is 7. The number of carbonyl (C=O) groups is 1. The minimum Gasteiger partial charge on any atom is -0.481 e. The lowest BCUT2D eigenvalue weighted by Crippen LogP contribution is -2.21. The number of nitrogens with zero attached hydrogens (tertiary/aromatic N) is 1. The van der Waals surface area contributed by atoms with Crippen molar-refractivity contribution in [3.05, 3.63) is 22.9 Å². The smallest absolute Gasteiger partial charge is 0.481 e. The Kier molecular flexibility index (Phi) is 4.92. The van der Waals surface area contributed by atoms with Crippen LogP contribution < -0.4 is 4.74 Å². The van der Waals surface area contributed by atoms with E-state index in [2.05, 4.69) is 9.72 Å². The van der Waals surface area contributed by atoms with Crippen molar-refractivity contribution in [1.29, 1.82) is 0 Å². The predicted molar refractivity (Wildman–Crippen MR) is 56.8 cm³/mol. The van der Waals surface area contributed by atoms with E-state index in [1.807, 2.05) is 0 Å². The van der Waals surface area contributed by atoms with Gasteiger partial charge in [-0.3, -0.25) is 4.79 Å². The third-order valence-electron chi connectivity index (χ3n) is 2.24. The maximum atomic E-state index is 12.7. The number of hydrogen-bond donors (Lipinski definition) is 1. The van der Waals surface area contributed by atoms with Gasteiger partial charge in [-0.15, -0.1) is 24.8 Å². The maximum Gasteiger partial charge on any atom is 0.574 e. The average Bonchev–Trinajstić information content (AvgIpc) is 2.24. The summed E-state index contributed by atoms with van der Waals surface area (Å²) >= 11 is 5.32. The van der Waals surface area contributed by atoms with Crippen molar-refractivity contribution in [2.75, 3.05) is 0 Å². The quantitative estimate of drug-likeness (QED) is 0.676. The lowest BCUT2D eigenvalue weighted by Gasteiger charge is -2.18. The molecule has 0 fully saturated rings. The topological polar surface area (TPSA) is 59.4 Å². The lowest BCUT2D eigenvalue weighted by atomic mass is 10.0. The van der Waals surface area contributed by atoms with Crippen LogP contribution in [0.25, 0.3) is 0 Å². The van der Waals surface area contributed by atoms with Gasteiger partial charge in [0.2, 0.25) is 5.88 Å². The Labute approximate surface area is 118 Å². The Bertz CT molecular complexity index is 543. The summed E-state index contributed by atoms with van der Waals surface area (Å²) in [6.45, 7) is 0. The number of hydrogen-bond acceptors (Lipinski definition) is 3. The number of aliphatic carboxylic acids is 1. The minimum absolute atomic E-state index is 0.0788. The maximum absolute atomic E-state index is 12.7. The van der Waals surface area contributed by atoms with E-state index in [0.717, 1.165) is 0 Å². The Morgan fingerprint density at radius 1 is 1.24 bits per heavy atom. The van der Waals surface area contributed by atoms with Gasteiger partial charge in [-0.25, -0.2) is 4.98 Å². The van der Waals surface area contributed by atoms with E-state index in [1.165, 1.54) is 0 Å². The van der Waals surface area contributed by atoms with Crippen molar-refractivity contribution in [3.8, 4) is 5.88 Å². The molecule has 0 aromatic carbocycles. The van der Waals surface area contributed by atoms with E-state index in [9.17, 15) is 31.1 Å². The van der Waals surface area contributed by atoms with E-state index >= 15 is 0 Å². The van der Waals surface area contributed by atoms with Gasteiger partial charge in [0, 0.05) is 11.8 Å². The second-order valence-electron chi connectivity index (χ2n) is 3.68. The summed E-state index contributed by atoms with van der Waals surface area (Å²) in [5.74, 6) is -3.71. The number of ether oxygens (including phenoxy) is 1. The molecule has 0 spiro atoms. The number of carboxylic acid groups (broad SMARTS) is 1. The van der Waals surface area contributed by atoms with Gasteiger partial charge in [0.05, 0.1) is 17.9 Å². The molecule has 11 heteroatoms. The molecule has 1 aromatic rings. The Balaban J connectivity index is 3.49. The van der Waals surface area contributed by atoms with Crippen LogP contribution in [0.5, 0.6) is 5.88 Å². The van der Waals surface area contributed by atoms with Gasteiger partial charge in [-0.05, 0) is 5.56 Å². The molecule has 0 amide bonds. The normalized spacial score (nSPS) is 12.3. The fourth-order valence-corrected chi connectivity index (χ4v) is 1.78. The molecule has 1 heterocycles. The molecule has 0 atom stereocenters. The number of aromatic nitrogens is 1. The number of alkyl halides is 7. The van der Waals surface area contributed by atoms with Gasteiger partial charge in [-0.1, -0.05) is 0 Å². The Morgan fingerprint density at radius 3 is 2.19 bits per heavy atom. The fourth-order valence-electron chi connectivity index (χ4n) is 1.50. The molecule has 1 aromatic heterocycles. The zero-order valence-electron chi connectivity index (χ0n) is 9.85. The zero-order valence-corrected chi connectivity index (χ0v) is 10.6. The van der Waals surface area contributed by atoms with Crippen LogP contribution in [0.3, 0.4) is 0 Å². The summed E-state index contributed by atoms with van der Waals surface area (Å²) in [5, 5.41) is 8.61. The van der Waals surface area contributed by atoms with Crippen LogP contribution in [0.15, 0.2) is 6.20 Å². The largest absolute Gasteiger partial charge is 0.574 e. The van der Waals surface area contributed by atoms with Gasteiger partial charge in [0.1, 0.15) is 0 Å². The van der Waals surface area contributed by atoms with Crippen molar-refractivity contribution in [2.24, 2.45) is 0 Å². The van der Waals surface area contributed by atoms with E-state index < -0.39 is 53.4 Å². The highest BCUT2D eigenvalue weighted by molar-refractivity contribution is 6.17. The van der Waals surface area contributed by atoms with Gasteiger partial charge in [-0.2, -0.15) is 13.2 Å². The molecule has 4 nitrogen and oxygen atoms in total. The molecule has 1 N–H and O–H groups in total. The molecular weight excluding hydrogens is 332 g/mol. The van der Waals surface area contributed by atoms with Gasteiger partial charge in [0.25, 0.3) is 0 Å². The van der Waals surface area contributed by atoms with E-state index in [0.29, 0.717) is 0 Å². The molecule has 118 valence electrons. The molecule has 0 bridgehead atoms. The van der Waals surface area contributed by atoms with Crippen molar-refractivity contribution >= 4 is 17.6 Å². The van der Waals surface area contributed by atoms with Crippen LogP contribution >= 0.6 is 11.6 Å². The van der Waals surface area contributed by atoms with Crippen LogP contribution in [0, 0.1) is 0 Å². The van der Waals surface area contributed by atoms with E-state index in [1.54, 1.807) is 0 Å². The molecular formula is C10H6ClF6NO3. The first kappa shape index (κ1) is 17.3. The van der Waals surface area contributed by atoms with Crippen molar-refractivity contribution in [3.63, 3.8) is 0 Å². The fraction of sp³-hybridized carbons (Fsp3) is 0.400. The highest BCUT2D eigenvalue weighted by Crippen LogP contribution is 2.37. The second-order valence-corrected chi connectivity index (χ2v) is 3.95. The standard InChI is InChI=1S/C10H6ClF6NO3/c11-2-5-4(1-7(19)20)6(9(12,13)14)3-18-8(5)21-10(15,16)17/h3H,1-2H2,(H,19,20). The number of pyridine rings is 1. The van der Waals surface area contributed by atoms with Gasteiger partial charge in [0.15, 0.2) is 0 Å². The molecule has 0 saturated carbocycles. The number of carboxylic acids is 1. The van der Waals surface area contributed by atoms with E-state index in [-0.39, 0.29) is 6.20 Å². The van der Waals surface area contributed by atoms with Crippen LogP contribution in [-0.2, 0) is 23.3 Å². The highest BCUT2D eigenvalue weighted by atomic mass is 35.5. The summed E-state index contributed by atoms with van der Waals surface area (Å²) in [6.07, 6.45) is -11.3. The number of rotatable bonds is 4. The molecule has 0 saturated heterocycles. The highest BCUT2D eigenvalue weighted by Gasteiger charge is 2.38. The predicted octanol–water partition coefficient (Wildman–Crippen LogP) is 3.36. The van der Waals surface area contributed by atoms with Crippen LogP contribution in [0.4, 0.5) is 26.3 Å². The minimum atomic E-state index is -5.20. The van der Waals surface area contributed by atoms with E-state index in [4.69, 9.17) is 16.7 Å². The van der Waals surface area contributed by atoms with Crippen molar-refractivity contribution in [1.82, 2.24) is 4.98 Å². The van der Waals surface area contributed by atoms with Crippen molar-refractivity contribution < 1.29 is 41.0 Å². The molecule has 0 radical (unpaired) electrons. The first-order chi connectivity index (χ1) is 9.45. The molecule has 0 aliphatic rings. The molecule has 0 unspecified atom stereocenters. The summed E-state index contributed by atoms with van der Waals surface area (Å²) in [5.41, 5.74) is -3.17. The summed E-state index contributed by atoms with van der Waals surface area (Å²) in [4.78, 5) is 13.5. The van der Waals surface area contributed by atoms with Gasteiger partial charge >= 0.3 is 18.5 Å². The summed E-state index contributed by atoms with van der Waals surface area (Å²) in [6, 6.07) is 0. The zero-order chi connectivity index (χ0) is 16.4. The molecule has 0 aliphatic carbocycles. The first-order valence-corrected chi connectivity index (χ1v) is 5.60. The molecule has 1 rings (SSSR count). The molecule has 21 heavy (non-hydrogen) atoms. The third-order valence-corrected chi connectivity index (χ3v) is 2.51. The van der Waals surface area contributed by atoms with Crippen LogP contribution in [0.1, 0.15) is 16.7 Å². The summed E-state index contributed by atoms with van der Waals surface area (Å²) < 4.78 is 78.1. The Hall–Kier alpha value is -1.71. The third kappa shape index (κ3) is 4.66. The monoisotopic (exact) mass is 337 g/mol. The van der Waals surface area contributed by atoms with Crippen LogP contribution in [0.2, 0.25) is 0 Å². The first-order valence-electron chi connectivity index (χ1n) is 5.07. The lowest BCUT2D eigenvalue weighted by molar-refractivity contribution is -0.276. The van der Waals surface area contributed by atoms with Crippen molar-refractivity contribution in [2.45, 2.75) is 24.8 Å². The summed E-state index contributed by atoms with van der Waals surface area (Å²) in [7, 11) is 0. The molecule has 0 aliphatic heterocycles.